The summed E-state index contributed by atoms with van der Waals surface area (Å²) in [6.45, 7) is 8.75. The molecule has 0 unspecified atom stereocenters. The second kappa shape index (κ2) is 11.3. The van der Waals surface area contributed by atoms with Gasteiger partial charge in [-0.25, -0.2) is 0 Å². The number of unbranched alkanes of at least 4 members (excludes halogenated alkanes) is 3. The number of aliphatic hydroxyl groups is 1. The lowest BCUT2D eigenvalue weighted by molar-refractivity contribution is 0.216. The predicted molar refractivity (Wildman–Crippen MR) is 101 cm³/mol. The zero-order valence-corrected chi connectivity index (χ0v) is 15.9. The number of aliphatic imine (C=N–C) groups is 1. The summed E-state index contributed by atoms with van der Waals surface area (Å²) < 4.78 is 0. The lowest BCUT2D eigenvalue weighted by Gasteiger charge is -2.22. The third-order valence-corrected chi connectivity index (χ3v) is 3.95. The van der Waals surface area contributed by atoms with E-state index in [9.17, 15) is 5.11 Å². The van der Waals surface area contributed by atoms with E-state index in [2.05, 4.69) is 35.8 Å². The minimum atomic E-state index is 0. The molecule has 0 radical (unpaired) electrons. The molecule has 124 valence electrons. The number of guanidine groups is 1. The molecular formula is C16H32IN3O. The summed E-state index contributed by atoms with van der Waals surface area (Å²) in [5.74, 6) is 0.968. The Bertz CT molecular complexity index is 317. The molecular weight excluding hydrogens is 377 g/mol. The lowest BCUT2D eigenvalue weighted by atomic mass is 10.1. The topological polar surface area (TPSA) is 47.9 Å². The molecule has 2 N–H and O–H groups in total. The van der Waals surface area contributed by atoms with E-state index in [1.165, 1.54) is 19.3 Å². The summed E-state index contributed by atoms with van der Waals surface area (Å²) in [5, 5.41) is 12.7. The maximum atomic E-state index is 9.35. The van der Waals surface area contributed by atoms with Crippen LogP contribution in [0.4, 0.5) is 0 Å². The molecule has 0 aromatic carbocycles. The van der Waals surface area contributed by atoms with Gasteiger partial charge in [-0.15, -0.1) is 30.6 Å². The zero-order chi connectivity index (χ0) is 14.8. The lowest BCUT2D eigenvalue weighted by Crippen LogP contribution is -2.40. The molecule has 1 rings (SSSR count). The van der Waals surface area contributed by atoms with Gasteiger partial charge in [-0.3, -0.25) is 4.99 Å². The van der Waals surface area contributed by atoms with Crippen molar-refractivity contribution in [3.05, 3.63) is 12.7 Å². The molecule has 0 atom stereocenters. The van der Waals surface area contributed by atoms with Gasteiger partial charge in [-0.05, 0) is 39.0 Å². The van der Waals surface area contributed by atoms with Crippen molar-refractivity contribution in [3.63, 3.8) is 0 Å². The van der Waals surface area contributed by atoms with Gasteiger partial charge in [0, 0.05) is 25.6 Å². The van der Waals surface area contributed by atoms with Crippen LogP contribution in [-0.2, 0) is 0 Å². The average Bonchev–Trinajstić information content (AvgIpc) is 3.23. The van der Waals surface area contributed by atoms with Crippen LogP contribution in [0.2, 0.25) is 0 Å². The number of allylic oxidation sites excluding steroid dienone is 1. The Labute approximate surface area is 147 Å². The van der Waals surface area contributed by atoms with Gasteiger partial charge in [0.05, 0.1) is 13.2 Å². The van der Waals surface area contributed by atoms with Crippen LogP contribution in [0.15, 0.2) is 17.6 Å². The van der Waals surface area contributed by atoms with Gasteiger partial charge >= 0.3 is 0 Å². The molecule has 0 saturated heterocycles. The van der Waals surface area contributed by atoms with Gasteiger partial charge in [-0.1, -0.05) is 12.5 Å². The van der Waals surface area contributed by atoms with Crippen molar-refractivity contribution in [2.45, 2.75) is 45.4 Å². The Morgan fingerprint density at radius 1 is 1.38 bits per heavy atom. The van der Waals surface area contributed by atoms with Gasteiger partial charge in [0.2, 0.25) is 0 Å². The van der Waals surface area contributed by atoms with Crippen LogP contribution in [0.25, 0.3) is 0 Å². The molecule has 1 saturated carbocycles. The predicted octanol–water partition coefficient (Wildman–Crippen LogP) is 3.02. The smallest absolute Gasteiger partial charge is 0.193 e. The van der Waals surface area contributed by atoms with E-state index >= 15 is 0 Å². The molecule has 0 aliphatic heterocycles. The molecule has 0 spiro atoms. The molecule has 21 heavy (non-hydrogen) atoms. The van der Waals surface area contributed by atoms with Crippen LogP contribution >= 0.6 is 24.0 Å². The first kappa shape index (κ1) is 20.7. The van der Waals surface area contributed by atoms with Crippen LogP contribution < -0.4 is 5.32 Å². The zero-order valence-electron chi connectivity index (χ0n) is 13.6. The number of nitrogens with one attached hydrogen (secondary N) is 1. The van der Waals surface area contributed by atoms with Crippen molar-refractivity contribution in [1.82, 2.24) is 10.2 Å². The third-order valence-electron chi connectivity index (χ3n) is 3.95. The van der Waals surface area contributed by atoms with Crippen molar-refractivity contribution in [2.75, 3.05) is 33.3 Å². The summed E-state index contributed by atoms with van der Waals surface area (Å²) in [4.78, 5) is 6.89. The summed E-state index contributed by atoms with van der Waals surface area (Å²) >= 11 is 0. The van der Waals surface area contributed by atoms with E-state index in [-0.39, 0.29) is 36.0 Å². The van der Waals surface area contributed by atoms with E-state index in [1.807, 2.05) is 6.08 Å². The Kier molecular flexibility index (Phi) is 11.1. The first-order chi connectivity index (χ1) is 9.67. The summed E-state index contributed by atoms with van der Waals surface area (Å²) in [6.07, 6.45) is 8.94. The number of nitrogens with zero attached hydrogens (tertiary/aromatic N) is 2. The standard InChI is InChI=1S/C16H31N3O.HI/c1-4-6-7-8-9-12-19(3)15(17-5-2)18-13-16(14-20)10-11-16;/h4,20H,1,5-14H2,2-3H3,(H,17,18);1H. The van der Waals surface area contributed by atoms with Gasteiger partial charge in [0.15, 0.2) is 5.96 Å². The number of aliphatic hydroxyl groups excluding tert-OH is 1. The first-order valence-corrected chi connectivity index (χ1v) is 7.88. The fourth-order valence-corrected chi connectivity index (χ4v) is 2.18. The SMILES string of the molecule is C=CCCCCCN(C)C(=NCC1(CO)CC1)NCC.I. The number of hydrogen-bond donors (Lipinski definition) is 2. The largest absolute Gasteiger partial charge is 0.396 e. The van der Waals surface area contributed by atoms with E-state index in [0.29, 0.717) is 0 Å². The van der Waals surface area contributed by atoms with Gasteiger partial charge in [0.1, 0.15) is 0 Å². The molecule has 0 amide bonds. The molecule has 0 aromatic rings. The second-order valence-corrected chi connectivity index (χ2v) is 5.89. The Morgan fingerprint density at radius 2 is 2.10 bits per heavy atom. The van der Waals surface area contributed by atoms with Crippen LogP contribution in [0.5, 0.6) is 0 Å². The van der Waals surface area contributed by atoms with Crippen LogP contribution in [0.3, 0.4) is 0 Å². The van der Waals surface area contributed by atoms with E-state index in [0.717, 1.165) is 44.9 Å². The monoisotopic (exact) mass is 409 g/mol. The van der Waals surface area contributed by atoms with E-state index in [4.69, 9.17) is 0 Å². The van der Waals surface area contributed by atoms with Crippen molar-refractivity contribution in [3.8, 4) is 0 Å². The van der Waals surface area contributed by atoms with E-state index < -0.39 is 0 Å². The summed E-state index contributed by atoms with van der Waals surface area (Å²) in [7, 11) is 2.09. The first-order valence-electron chi connectivity index (χ1n) is 7.88. The van der Waals surface area contributed by atoms with Crippen molar-refractivity contribution in [1.29, 1.82) is 0 Å². The maximum Gasteiger partial charge on any atom is 0.193 e. The van der Waals surface area contributed by atoms with Crippen LogP contribution in [0.1, 0.15) is 45.4 Å². The van der Waals surface area contributed by atoms with Gasteiger partial charge in [-0.2, -0.15) is 0 Å². The minimum Gasteiger partial charge on any atom is -0.396 e. The van der Waals surface area contributed by atoms with Crippen molar-refractivity contribution >= 4 is 29.9 Å². The molecule has 0 bridgehead atoms. The fourth-order valence-electron chi connectivity index (χ4n) is 2.18. The molecule has 0 aromatic heterocycles. The molecule has 1 aliphatic carbocycles. The highest BCUT2D eigenvalue weighted by Crippen LogP contribution is 2.45. The normalized spacial score (nSPS) is 16.0. The van der Waals surface area contributed by atoms with Crippen LogP contribution in [-0.4, -0.2) is 49.3 Å². The third kappa shape index (κ3) is 8.04. The highest BCUT2D eigenvalue weighted by atomic mass is 127. The van der Waals surface area contributed by atoms with Crippen molar-refractivity contribution < 1.29 is 5.11 Å². The number of halogens is 1. The summed E-state index contributed by atoms with van der Waals surface area (Å²) in [6, 6.07) is 0. The molecule has 1 fully saturated rings. The minimum absolute atomic E-state index is 0. The fraction of sp³-hybridized carbons (Fsp3) is 0.812. The average molecular weight is 409 g/mol. The maximum absolute atomic E-state index is 9.35. The highest BCUT2D eigenvalue weighted by molar-refractivity contribution is 14.0. The van der Waals surface area contributed by atoms with Gasteiger partial charge in [0.25, 0.3) is 0 Å². The second-order valence-electron chi connectivity index (χ2n) is 5.89. The Balaban J connectivity index is 0.00000400. The molecule has 4 nitrogen and oxygen atoms in total. The quantitative estimate of drug-likeness (QED) is 0.192. The van der Waals surface area contributed by atoms with E-state index in [1.54, 1.807) is 0 Å². The summed E-state index contributed by atoms with van der Waals surface area (Å²) in [5.41, 5.74) is 0.0888. The number of rotatable bonds is 10. The van der Waals surface area contributed by atoms with Crippen molar-refractivity contribution in [2.24, 2.45) is 10.4 Å². The molecule has 0 heterocycles. The Hall–Kier alpha value is -0.300. The molecule has 1 aliphatic rings. The Morgan fingerprint density at radius 3 is 2.62 bits per heavy atom. The highest BCUT2D eigenvalue weighted by Gasteiger charge is 2.41. The van der Waals surface area contributed by atoms with Crippen LogP contribution in [0, 0.1) is 5.41 Å². The molecule has 5 heteroatoms. The number of hydrogen-bond acceptors (Lipinski definition) is 2. The van der Waals surface area contributed by atoms with Gasteiger partial charge < -0.3 is 15.3 Å².